The molecule has 3 aromatic rings. The maximum absolute atomic E-state index is 6.18. The van der Waals surface area contributed by atoms with E-state index in [0.717, 1.165) is 30.8 Å². The van der Waals surface area contributed by atoms with E-state index in [0.29, 0.717) is 34.0 Å². The third kappa shape index (κ3) is 3.90. The number of nitrogen functional groups attached to an aromatic ring is 1. The fraction of sp³-hybridized carbons (Fsp3) is 0.261. The van der Waals surface area contributed by atoms with Gasteiger partial charge in [-0.05, 0) is 30.6 Å². The van der Waals surface area contributed by atoms with Gasteiger partial charge in [0.15, 0.2) is 5.65 Å². The van der Waals surface area contributed by atoms with Crippen LogP contribution in [0.4, 0.5) is 5.82 Å². The number of rotatable bonds is 5. The van der Waals surface area contributed by atoms with Crippen molar-refractivity contribution in [1.29, 1.82) is 0 Å². The molecule has 2 aromatic heterocycles. The first-order chi connectivity index (χ1) is 15.0. The first-order valence-corrected chi connectivity index (χ1v) is 9.84. The minimum atomic E-state index is 0.126. The highest BCUT2D eigenvalue weighted by Crippen LogP contribution is 2.30. The Balaban J connectivity index is 1.75. The molecule has 1 aliphatic rings. The topological polar surface area (TPSA) is 91.3 Å². The summed E-state index contributed by atoms with van der Waals surface area (Å²) in [5.41, 5.74) is 9.03. The molecule has 1 atom stereocenters. The lowest BCUT2D eigenvalue weighted by Crippen LogP contribution is -2.20. The number of fused-ring (bicyclic) bond motifs is 1. The van der Waals surface area contributed by atoms with Crippen LogP contribution in [-0.4, -0.2) is 52.0 Å². The van der Waals surface area contributed by atoms with E-state index in [1.54, 1.807) is 26.4 Å². The van der Waals surface area contributed by atoms with E-state index in [9.17, 15) is 0 Å². The summed E-state index contributed by atoms with van der Waals surface area (Å²) in [7, 11) is 3.20. The Morgan fingerprint density at radius 1 is 1.19 bits per heavy atom. The number of hydrogen-bond donors (Lipinski definition) is 1. The van der Waals surface area contributed by atoms with Crippen LogP contribution in [0, 0.1) is 11.8 Å². The molecule has 8 heteroatoms. The Morgan fingerprint density at radius 3 is 2.61 bits per heavy atom. The average Bonchev–Trinajstić information content (AvgIpc) is 3.42. The molecule has 0 bridgehead atoms. The van der Waals surface area contributed by atoms with Crippen molar-refractivity contribution in [3.8, 4) is 23.3 Å². The monoisotopic (exact) mass is 416 g/mol. The summed E-state index contributed by atoms with van der Waals surface area (Å²) in [6.45, 7) is 9.50. The van der Waals surface area contributed by atoms with Gasteiger partial charge in [-0.2, -0.15) is 5.10 Å². The molecule has 31 heavy (non-hydrogen) atoms. The molecular formula is C23H24N6O2. The Morgan fingerprint density at radius 2 is 1.94 bits per heavy atom. The lowest BCUT2D eigenvalue weighted by molar-refractivity contribution is 0.394. The quantitative estimate of drug-likeness (QED) is 0.505. The largest absolute Gasteiger partial charge is 0.497 e. The molecule has 4 rings (SSSR count). The number of benzene rings is 1. The van der Waals surface area contributed by atoms with Gasteiger partial charge in [-0.15, -0.1) is 0 Å². The number of allylic oxidation sites excluding steroid dienone is 1. The van der Waals surface area contributed by atoms with Gasteiger partial charge in [0.05, 0.1) is 25.6 Å². The van der Waals surface area contributed by atoms with Gasteiger partial charge in [0.25, 0.3) is 0 Å². The molecule has 1 aliphatic heterocycles. The first-order valence-electron chi connectivity index (χ1n) is 9.84. The second-order valence-corrected chi connectivity index (χ2v) is 7.19. The van der Waals surface area contributed by atoms with Crippen LogP contribution in [0.3, 0.4) is 0 Å². The van der Waals surface area contributed by atoms with Gasteiger partial charge in [-0.1, -0.05) is 19.1 Å². The molecule has 0 spiro atoms. The van der Waals surface area contributed by atoms with Crippen molar-refractivity contribution in [3.05, 3.63) is 60.7 Å². The van der Waals surface area contributed by atoms with E-state index in [1.807, 2.05) is 16.8 Å². The number of ether oxygens (including phenoxy) is 2. The van der Waals surface area contributed by atoms with Crippen molar-refractivity contribution in [2.75, 3.05) is 33.0 Å². The predicted molar refractivity (Wildman–Crippen MR) is 120 cm³/mol. The molecule has 8 nitrogen and oxygen atoms in total. The van der Waals surface area contributed by atoms with Crippen molar-refractivity contribution in [3.63, 3.8) is 0 Å². The van der Waals surface area contributed by atoms with Gasteiger partial charge in [0.1, 0.15) is 29.3 Å². The van der Waals surface area contributed by atoms with Gasteiger partial charge in [0.2, 0.25) is 0 Å². The SMILES string of the molecule is C=CC(=C)N1CC[C@H](n2nc(C#Cc3cc(OC)cc(OC)c3)c3c(N)ncnc32)C1. The highest BCUT2D eigenvalue weighted by molar-refractivity contribution is 5.90. The summed E-state index contributed by atoms with van der Waals surface area (Å²) in [5.74, 6) is 7.95. The van der Waals surface area contributed by atoms with Gasteiger partial charge >= 0.3 is 0 Å². The second kappa shape index (κ2) is 8.40. The molecule has 1 saturated heterocycles. The minimum absolute atomic E-state index is 0.126. The fourth-order valence-corrected chi connectivity index (χ4v) is 3.68. The molecule has 1 fully saturated rings. The summed E-state index contributed by atoms with van der Waals surface area (Å²) in [5, 5.41) is 5.43. The zero-order valence-electron chi connectivity index (χ0n) is 17.6. The molecule has 1 aromatic carbocycles. The molecular weight excluding hydrogens is 392 g/mol. The number of nitrogens with two attached hydrogens (primary N) is 1. The third-order valence-electron chi connectivity index (χ3n) is 5.35. The van der Waals surface area contributed by atoms with Crippen molar-refractivity contribution in [1.82, 2.24) is 24.6 Å². The normalized spacial score (nSPS) is 15.4. The molecule has 0 amide bonds. The van der Waals surface area contributed by atoms with E-state index in [4.69, 9.17) is 20.3 Å². The highest BCUT2D eigenvalue weighted by atomic mass is 16.5. The summed E-state index contributed by atoms with van der Waals surface area (Å²) in [6.07, 6.45) is 4.13. The van der Waals surface area contributed by atoms with Crippen LogP contribution in [0.2, 0.25) is 0 Å². The molecule has 0 saturated carbocycles. The van der Waals surface area contributed by atoms with E-state index in [2.05, 4.69) is 39.9 Å². The van der Waals surface area contributed by atoms with Crippen LogP contribution >= 0.6 is 0 Å². The Bertz CT molecular complexity index is 1200. The Hall–Kier alpha value is -3.99. The molecule has 0 radical (unpaired) electrons. The van der Waals surface area contributed by atoms with Crippen LogP contribution in [-0.2, 0) is 0 Å². The van der Waals surface area contributed by atoms with Gasteiger partial charge in [0, 0.05) is 30.4 Å². The maximum atomic E-state index is 6.18. The van der Waals surface area contributed by atoms with E-state index in [-0.39, 0.29) is 6.04 Å². The molecule has 3 heterocycles. The summed E-state index contributed by atoms with van der Waals surface area (Å²) in [4.78, 5) is 10.8. The first kappa shape index (κ1) is 20.3. The molecule has 0 unspecified atom stereocenters. The smallest absolute Gasteiger partial charge is 0.164 e. The lowest BCUT2D eigenvalue weighted by atomic mass is 10.2. The zero-order valence-corrected chi connectivity index (χ0v) is 17.6. The number of anilines is 1. The van der Waals surface area contributed by atoms with Crippen molar-refractivity contribution in [2.24, 2.45) is 0 Å². The third-order valence-corrected chi connectivity index (χ3v) is 5.35. The molecule has 158 valence electrons. The zero-order chi connectivity index (χ0) is 22.0. The predicted octanol–water partition coefficient (Wildman–Crippen LogP) is 2.77. The van der Waals surface area contributed by atoms with Gasteiger partial charge in [-0.3, -0.25) is 0 Å². The van der Waals surface area contributed by atoms with Gasteiger partial charge < -0.3 is 20.1 Å². The van der Waals surface area contributed by atoms with Gasteiger partial charge in [-0.25, -0.2) is 14.6 Å². The van der Waals surface area contributed by atoms with E-state index < -0.39 is 0 Å². The number of hydrogen-bond acceptors (Lipinski definition) is 7. The van der Waals surface area contributed by atoms with E-state index >= 15 is 0 Å². The van der Waals surface area contributed by atoms with Crippen molar-refractivity contribution >= 4 is 16.9 Å². The van der Waals surface area contributed by atoms with Crippen LogP contribution in [0.5, 0.6) is 11.5 Å². The van der Waals surface area contributed by atoms with E-state index in [1.165, 1.54) is 6.33 Å². The minimum Gasteiger partial charge on any atom is -0.497 e. The van der Waals surface area contributed by atoms with Crippen molar-refractivity contribution in [2.45, 2.75) is 12.5 Å². The second-order valence-electron chi connectivity index (χ2n) is 7.19. The summed E-state index contributed by atoms with van der Waals surface area (Å²) in [6, 6.07) is 5.60. The standard InChI is InChI=1S/C23H24N6O2/c1-5-15(2)28-9-8-17(13-28)29-23-21(22(24)25-14-26-23)20(27-29)7-6-16-10-18(30-3)12-19(11-16)31-4/h5,10-12,14,17H,1-2,8-9,13H2,3-4H3,(H2,24,25,26)/t17-/m0/s1. The highest BCUT2D eigenvalue weighted by Gasteiger charge is 2.28. The fourth-order valence-electron chi connectivity index (χ4n) is 3.68. The number of likely N-dealkylation sites (tertiary alicyclic amines) is 1. The number of methoxy groups -OCH3 is 2. The van der Waals surface area contributed by atoms with Crippen LogP contribution in [0.1, 0.15) is 23.7 Å². The lowest BCUT2D eigenvalue weighted by Gasteiger charge is -2.18. The number of nitrogens with zero attached hydrogens (tertiary/aromatic N) is 5. The Labute approximate surface area is 181 Å². The summed E-state index contributed by atoms with van der Waals surface area (Å²) >= 11 is 0. The number of aromatic nitrogens is 4. The Kier molecular flexibility index (Phi) is 5.50. The maximum Gasteiger partial charge on any atom is 0.164 e. The molecule has 0 aliphatic carbocycles. The summed E-state index contributed by atoms with van der Waals surface area (Å²) < 4.78 is 12.5. The van der Waals surface area contributed by atoms with Crippen LogP contribution in [0.25, 0.3) is 11.0 Å². The van der Waals surface area contributed by atoms with Crippen molar-refractivity contribution < 1.29 is 9.47 Å². The van der Waals surface area contributed by atoms with Crippen LogP contribution in [0.15, 0.2) is 49.5 Å². The average molecular weight is 416 g/mol. The van der Waals surface area contributed by atoms with Crippen LogP contribution < -0.4 is 15.2 Å². The molecule has 2 N–H and O–H groups in total.